The fraction of sp³-hybridized carbons (Fsp3) is 0.400. The van der Waals surface area contributed by atoms with Gasteiger partial charge in [0.2, 0.25) is 0 Å². The van der Waals surface area contributed by atoms with Gasteiger partial charge in [-0.3, -0.25) is 0 Å². The van der Waals surface area contributed by atoms with Crippen molar-refractivity contribution >= 4 is 20.5 Å². The molecule has 2 aromatic carbocycles. The molecule has 0 aliphatic rings. The highest BCUT2D eigenvalue weighted by Gasteiger charge is 2.43. The Morgan fingerprint density at radius 1 is 0.615 bits per heavy atom. The van der Waals surface area contributed by atoms with E-state index in [0.29, 0.717) is 10.3 Å². The summed E-state index contributed by atoms with van der Waals surface area (Å²) in [6.07, 6.45) is 0. The van der Waals surface area contributed by atoms with E-state index < -0.39 is 15.2 Å². The molecule has 0 heterocycles. The van der Waals surface area contributed by atoms with Gasteiger partial charge in [-0.05, 0) is 64.8 Å². The largest absolute Gasteiger partial charge is 0.673 e. The SMILES string of the molecule is CC(C)(C)[PH+](c1ccc(-c2ccccc2)cc1)C(C)(C)C.F[B-](F)(F)F. The van der Waals surface area contributed by atoms with Gasteiger partial charge in [0.15, 0.2) is 0 Å². The molecule has 0 unspecified atom stereocenters. The van der Waals surface area contributed by atoms with Crippen molar-refractivity contribution in [3.8, 4) is 11.1 Å². The predicted molar refractivity (Wildman–Crippen MR) is 110 cm³/mol. The van der Waals surface area contributed by atoms with Crippen molar-refractivity contribution in [2.24, 2.45) is 0 Å². The maximum atomic E-state index is 9.75. The maximum absolute atomic E-state index is 9.75. The molecule has 0 aliphatic carbocycles. The molecule has 0 bridgehead atoms. The Balaban J connectivity index is 0.000000597. The highest BCUT2D eigenvalue weighted by molar-refractivity contribution is 7.68. The van der Waals surface area contributed by atoms with Crippen LogP contribution in [-0.4, -0.2) is 17.6 Å². The summed E-state index contributed by atoms with van der Waals surface area (Å²) in [5.41, 5.74) is 2.60. The van der Waals surface area contributed by atoms with Gasteiger partial charge in [0.05, 0.1) is 15.6 Å². The number of rotatable bonds is 2. The van der Waals surface area contributed by atoms with E-state index in [2.05, 4.69) is 96.1 Å². The van der Waals surface area contributed by atoms with E-state index >= 15 is 0 Å². The number of hydrogen-bond acceptors (Lipinski definition) is 0. The monoisotopic (exact) mass is 386 g/mol. The van der Waals surface area contributed by atoms with Gasteiger partial charge in [0, 0.05) is 7.92 Å². The molecule has 0 aromatic heterocycles. The maximum Gasteiger partial charge on any atom is 0.673 e. The highest BCUT2D eigenvalue weighted by atomic mass is 31.1. The second kappa shape index (κ2) is 8.56. The minimum absolute atomic E-state index is 0.358. The van der Waals surface area contributed by atoms with Crippen LogP contribution in [0.25, 0.3) is 11.1 Å². The van der Waals surface area contributed by atoms with E-state index in [1.54, 1.807) is 5.30 Å². The van der Waals surface area contributed by atoms with Gasteiger partial charge < -0.3 is 17.3 Å². The zero-order valence-corrected chi connectivity index (χ0v) is 17.3. The summed E-state index contributed by atoms with van der Waals surface area (Å²) in [5.74, 6) is 0. The minimum atomic E-state index is -6.00. The summed E-state index contributed by atoms with van der Waals surface area (Å²) < 4.78 is 39.0. The van der Waals surface area contributed by atoms with Crippen molar-refractivity contribution < 1.29 is 17.3 Å². The Bertz CT molecular complexity index is 648. The van der Waals surface area contributed by atoms with Gasteiger partial charge in [-0.1, -0.05) is 42.5 Å². The van der Waals surface area contributed by atoms with Crippen LogP contribution in [-0.2, 0) is 0 Å². The lowest BCUT2D eigenvalue weighted by Crippen LogP contribution is -2.30. The molecule has 0 spiro atoms. The summed E-state index contributed by atoms with van der Waals surface area (Å²) >= 11 is 0. The van der Waals surface area contributed by atoms with Gasteiger partial charge >= 0.3 is 7.25 Å². The molecule has 2 aromatic rings. The van der Waals surface area contributed by atoms with Crippen molar-refractivity contribution in [3.63, 3.8) is 0 Å². The third kappa shape index (κ3) is 7.91. The van der Waals surface area contributed by atoms with E-state index in [0.717, 1.165) is 0 Å². The van der Waals surface area contributed by atoms with Crippen molar-refractivity contribution in [2.45, 2.75) is 51.9 Å². The van der Waals surface area contributed by atoms with E-state index in [-0.39, 0.29) is 0 Å². The molecule has 0 saturated carbocycles. The quantitative estimate of drug-likeness (QED) is 0.294. The molecule has 0 fully saturated rings. The van der Waals surface area contributed by atoms with Crippen molar-refractivity contribution in [3.05, 3.63) is 54.6 Å². The third-order valence-corrected chi connectivity index (χ3v) is 7.69. The van der Waals surface area contributed by atoms with E-state index in [4.69, 9.17) is 0 Å². The summed E-state index contributed by atoms with van der Waals surface area (Å²) in [5, 5.41) is 2.26. The Morgan fingerprint density at radius 2 is 0.962 bits per heavy atom. The fourth-order valence-electron chi connectivity index (χ4n) is 3.45. The van der Waals surface area contributed by atoms with Gasteiger partial charge in [0.1, 0.15) is 0 Å². The van der Waals surface area contributed by atoms with Crippen LogP contribution in [0, 0.1) is 0 Å². The first kappa shape index (κ1) is 22.7. The highest BCUT2D eigenvalue weighted by Crippen LogP contribution is 2.58. The van der Waals surface area contributed by atoms with E-state index in [1.165, 1.54) is 11.1 Å². The Morgan fingerprint density at radius 3 is 1.31 bits per heavy atom. The van der Waals surface area contributed by atoms with E-state index in [9.17, 15) is 17.3 Å². The molecule has 0 amide bonds. The van der Waals surface area contributed by atoms with Crippen LogP contribution >= 0.6 is 7.92 Å². The molecular formula is C20H28BF4P. The summed E-state index contributed by atoms with van der Waals surface area (Å²) in [6.45, 7) is 14.3. The fourth-order valence-corrected chi connectivity index (χ4v) is 7.93. The lowest BCUT2D eigenvalue weighted by Gasteiger charge is -2.33. The van der Waals surface area contributed by atoms with Gasteiger partial charge in [-0.2, -0.15) is 0 Å². The van der Waals surface area contributed by atoms with Crippen LogP contribution in [0.15, 0.2) is 54.6 Å². The molecule has 0 aliphatic heterocycles. The summed E-state index contributed by atoms with van der Waals surface area (Å²) in [6, 6.07) is 19.9. The first-order chi connectivity index (χ1) is 11.7. The molecule has 0 N–H and O–H groups in total. The van der Waals surface area contributed by atoms with Crippen LogP contribution in [0.5, 0.6) is 0 Å². The number of hydrogen-bond donors (Lipinski definition) is 0. The Labute approximate surface area is 155 Å². The Hall–Kier alpha value is -1.35. The minimum Gasteiger partial charge on any atom is -0.418 e. The molecule has 0 saturated heterocycles. The van der Waals surface area contributed by atoms with E-state index in [1.807, 2.05) is 0 Å². The zero-order chi connectivity index (χ0) is 20.2. The Kier molecular flexibility index (Phi) is 7.47. The smallest absolute Gasteiger partial charge is 0.418 e. The standard InChI is InChI=1S/C20H27P.BF4/c1-19(2,3)21(20(4,5)6)18-14-12-17(13-15-18)16-10-8-7-9-11-16;2-1(3,4)5/h7-15H,1-6H3;/q;-1/p+1. The van der Waals surface area contributed by atoms with Gasteiger partial charge in [-0.25, -0.2) is 0 Å². The molecule has 26 heavy (non-hydrogen) atoms. The molecule has 144 valence electrons. The molecular weight excluding hydrogens is 358 g/mol. The van der Waals surface area contributed by atoms with Crippen LogP contribution in [0.4, 0.5) is 17.3 Å². The summed E-state index contributed by atoms with van der Waals surface area (Å²) in [4.78, 5) is 0. The molecule has 6 heteroatoms. The topological polar surface area (TPSA) is 0 Å². The summed E-state index contributed by atoms with van der Waals surface area (Å²) in [7, 11) is -6.65. The van der Waals surface area contributed by atoms with Crippen LogP contribution in [0.3, 0.4) is 0 Å². The molecule has 0 atom stereocenters. The van der Waals surface area contributed by atoms with Crippen molar-refractivity contribution in [2.75, 3.05) is 0 Å². The number of halogens is 4. The van der Waals surface area contributed by atoms with Crippen LogP contribution in [0.2, 0.25) is 0 Å². The zero-order valence-electron chi connectivity index (χ0n) is 16.3. The third-order valence-electron chi connectivity index (χ3n) is 3.78. The average molecular weight is 386 g/mol. The molecule has 0 radical (unpaired) electrons. The number of benzene rings is 2. The van der Waals surface area contributed by atoms with Crippen LogP contribution in [0.1, 0.15) is 41.5 Å². The first-order valence-electron chi connectivity index (χ1n) is 8.60. The lowest BCUT2D eigenvalue weighted by molar-refractivity contribution is 0.368. The predicted octanol–water partition coefficient (Wildman–Crippen LogP) is 7.09. The van der Waals surface area contributed by atoms with Crippen molar-refractivity contribution in [1.29, 1.82) is 0 Å². The van der Waals surface area contributed by atoms with Crippen molar-refractivity contribution in [1.82, 2.24) is 0 Å². The van der Waals surface area contributed by atoms with Crippen LogP contribution < -0.4 is 5.30 Å². The van der Waals surface area contributed by atoms with Gasteiger partial charge in [0.25, 0.3) is 0 Å². The normalized spacial score (nSPS) is 12.6. The lowest BCUT2D eigenvalue weighted by atomic mass is 10.1. The molecule has 0 nitrogen and oxygen atoms in total. The second-order valence-electron chi connectivity index (χ2n) is 8.31. The second-order valence-corrected chi connectivity index (χ2v) is 12.6. The average Bonchev–Trinajstić information content (AvgIpc) is 2.44. The molecule has 2 rings (SSSR count). The first-order valence-corrected chi connectivity index (χ1v) is 10.1. The van der Waals surface area contributed by atoms with Gasteiger partial charge in [-0.15, -0.1) is 0 Å².